The van der Waals surface area contributed by atoms with Gasteiger partial charge >= 0.3 is 0 Å². The molecule has 0 saturated carbocycles. The minimum Gasteiger partial charge on any atom is -0.342 e. The molecular weight excluding hydrogens is 294 g/mol. The number of amides is 1. The van der Waals surface area contributed by atoms with Crippen molar-refractivity contribution >= 4 is 11.6 Å². The molecule has 1 aromatic rings. The number of para-hydroxylation sites is 1. The molecule has 124 valence electrons. The summed E-state index contributed by atoms with van der Waals surface area (Å²) in [5.74, 6) is 0.00286. The van der Waals surface area contributed by atoms with Gasteiger partial charge in [-0.05, 0) is 44.2 Å². The molecule has 6 nitrogen and oxygen atoms in total. The van der Waals surface area contributed by atoms with Crippen LogP contribution in [-0.2, 0) is 11.2 Å². The first kappa shape index (κ1) is 15.9. The molecule has 2 aliphatic rings. The maximum atomic E-state index is 12.5. The molecular formula is C17H23N3O3. The third-order valence-electron chi connectivity index (χ3n) is 5.37. The highest BCUT2D eigenvalue weighted by molar-refractivity contribution is 5.80. The Kier molecular flexibility index (Phi) is 4.61. The van der Waals surface area contributed by atoms with Gasteiger partial charge in [0, 0.05) is 24.7 Å². The lowest BCUT2D eigenvalue weighted by Crippen LogP contribution is -2.47. The molecule has 0 atom stereocenters. The van der Waals surface area contributed by atoms with Crippen LogP contribution in [0.25, 0.3) is 0 Å². The summed E-state index contributed by atoms with van der Waals surface area (Å²) in [7, 11) is 0. The van der Waals surface area contributed by atoms with Gasteiger partial charge < -0.3 is 10.2 Å². The average Bonchev–Trinajstić information content (AvgIpc) is 2.56. The normalized spacial score (nSPS) is 20.4. The minimum atomic E-state index is -0.414. The Morgan fingerprint density at radius 3 is 2.48 bits per heavy atom. The van der Waals surface area contributed by atoms with Crippen molar-refractivity contribution in [3.05, 3.63) is 39.9 Å². The van der Waals surface area contributed by atoms with E-state index in [-0.39, 0.29) is 18.0 Å². The van der Waals surface area contributed by atoms with Crippen LogP contribution in [0.5, 0.6) is 0 Å². The maximum absolute atomic E-state index is 12.5. The van der Waals surface area contributed by atoms with Gasteiger partial charge in [-0.3, -0.25) is 14.9 Å². The summed E-state index contributed by atoms with van der Waals surface area (Å²) in [6.07, 6.45) is 4.61. The van der Waals surface area contributed by atoms with Gasteiger partial charge in [0.25, 0.3) is 5.69 Å². The van der Waals surface area contributed by atoms with Crippen LogP contribution in [0.2, 0.25) is 0 Å². The standard InChI is InChI=1S/C17H23N3O3/c21-16(13-14-3-1-2-4-15(14)20(22)23)19-11-7-17(8-12-19)5-9-18-10-6-17/h1-4,18H,5-13H2. The lowest BCUT2D eigenvalue weighted by Gasteiger charge is -2.44. The van der Waals surface area contributed by atoms with Gasteiger partial charge in [0.05, 0.1) is 11.3 Å². The monoisotopic (exact) mass is 317 g/mol. The maximum Gasteiger partial charge on any atom is 0.273 e. The molecule has 0 bridgehead atoms. The Hall–Kier alpha value is -1.95. The van der Waals surface area contributed by atoms with Gasteiger partial charge in [0.1, 0.15) is 0 Å². The Balaban J connectivity index is 1.61. The molecule has 0 unspecified atom stereocenters. The lowest BCUT2D eigenvalue weighted by molar-refractivity contribution is -0.385. The topological polar surface area (TPSA) is 75.5 Å². The average molecular weight is 317 g/mol. The van der Waals surface area contributed by atoms with E-state index in [1.54, 1.807) is 18.2 Å². The van der Waals surface area contributed by atoms with Crippen molar-refractivity contribution in [3.63, 3.8) is 0 Å². The van der Waals surface area contributed by atoms with Crippen molar-refractivity contribution < 1.29 is 9.72 Å². The van der Waals surface area contributed by atoms with E-state index in [2.05, 4.69) is 5.32 Å². The molecule has 1 aromatic carbocycles. The molecule has 2 fully saturated rings. The van der Waals surface area contributed by atoms with Gasteiger partial charge in [0.15, 0.2) is 0 Å². The molecule has 6 heteroatoms. The van der Waals surface area contributed by atoms with Crippen LogP contribution < -0.4 is 5.32 Å². The second-order valence-corrected chi connectivity index (χ2v) is 6.69. The van der Waals surface area contributed by atoms with Crippen molar-refractivity contribution in [1.29, 1.82) is 0 Å². The second kappa shape index (κ2) is 6.66. The zero-order valence-corrected chi connectivity index (χ0v) is 13.3. The van der Waals surface area contributed by atoms with E-state index in [9.17, 15) is 14.9 Å². The lowest BCUT2D eigenvalue weighted by atomic mass is 9.71. The molecule has 0 radical (unpaired) electrons. The predicted octanol–water partition coefficient (Wildman–Crippen LogP) is 2.13. The molecule has 2 aliphatic heterocycles. The first-order valence-electron chi connectivity index (χ1n) is 8.30. The Labute approximate surface area is 136 Å². The molecule has 1 amide bonds. The summed E-state index contributed by atoms with van der Waals surface area (Å²) >= 11 is 0. The Morgan fingerprint density at radius 1 is 1.17 bits per heavy atom. The first-order chi connectivity index (χ1) is 11.1. The fraction of sp³-hybridized carbons (Fsp3) is 0.588. The molecule has 23 heavy (non-hydrogen) atoms. The minimum absolute atomic E-state index is 0.00286. The number of nitro groups is 1. The van der Waals surface area contributed by atoms with Crippen LogP contribution in [-0.4, -0.2) is 41.9 Å². The summed E-state index contributed by atoms with van der Waals surface area (Å²) in [6.45, 7) is 3.70. The number of piperidine rings is 2. The van der Waals surface area contributed by atoms with E-state index in [0.29, 0.717) is 11.0 Å². The largest absolute Gasteiger partial charge is 0.342 e. The van der Waals surface area contributed by atoms with Crippen LogP contribution in [0.4, 0.5) is 5.69 Å². The molecule has 2 heterocycles. The third kappa shape index (κ3) is 3.52. The quantitative estimate of drug-likeness (QED) is 0.684. The van der Waals surface area contributed by atoms with Gasteiger partial charge in [-0.25, -0.2) is 0 Å². The van der Waals surface area contributed by atoms with E-state index >= 15 is 0 Å². The number of nitrogens with one attached hydrogen (secondary N) is 1. The first-order valence-corrected chi connectivity index (χ1v) is 8.30. The number of carbonyl (C=O) groups is 1. The Morgan fingerprint density at radius 2 is 1.83 bits per heavy atom. The third-order valence-corrected chi connectivity index (χ3v) is 5.37. The number of likely N-dealkylation sites (tertiary alicyclic amines) is 1. The number of hydrogen-bond donors (Lipinski definition) is 1. The van der Waals surface area contributed by atoms with Crippen LogP contribution in [0, 0.1) is 15.5 Å². The zero-order valence-electron chi connectivity index (χ0n) is 13.3. The highest BCUT2D eigenvalue weighted by Gasteiger charge is 2.36. The summed E-state index contributed by atoms with van der Waals surface area (Å²) in [4.78, 5) is 25.0. The van der Waals surface area contributed by atoms with E-state index < -0.39 is 4.92 Å². The fourth-order valence-corrected chi connectivity index (χ4v) is 3.80. The van der Waals surface area contributed by atoms with Crippen molar-refractivity contribution in [2.45, 2.75) is 32.1 Å². The van der Waals surface area contributed by atoms with E-state index in [1.165, 1.54) is 18.9 Å². The molecule has 0 aromatic heterocycles. The SMILES string of the molecule is O=C(Cc1ccccc1[N+](=O)[O-])N1CCC2(CCNCC2)CC1. The molecule has 1 spiro atoms. The number of hydrogen-bond acceptors (Lipinski definition) is 4. The zero-order chi connectivity index (χ0) is 16.3. The van der Waals surface area contributed by atoms with Crippen LogP contribution >= 0.6 is 0 Å². The van der Waals surface area contributed by atoms with Crippen LogP contribution in [0.1, 0.15) is 31.2 Å². The molecule has 0 aliphatic carbocycles. The van der Waals surface area contributed by atoms with Crippen molar-refractivity contribution in [1.82, 2.24) is 10.2 Å². The predicted molar refractivity (Wildman–Crippen MR) is 87.2 cm³/mol. The van der Waals surface area contributed by atoms with Crippen molar-refractivity contribution in [2.24, 2.45) is 5.41 Å². The van der Waals surface area contributed by atoms with Crippen molar-refractivity contribution in [3.8, 4) is 0 Å². The van der Waals surface area contributed by atoms with Crippen molar-refractivity contribution in [2.75, 3.05) is 26.2 Å². The van der Waals surface area contributed by atoms with Gasteiger partial charge in [0.2, 0.25) is 5.91 Å². The smallest absolute Gasteiger partial charge is 0.273 e. The summed E-state index contributed by atoms with van der Waals surface area (Å²) in [6, 6.07) is 6.51. The highest BCUT2D eigenvalue weighted by Crippen LogP contribution is 2.39. The summed E-state index contributed by atoms with van der Waals surface area (Å²) in [5.41, 5.74) is 0.943. The van der Waals surface area contributed by atoms with Gasteiger partial charge in [-0.2, -0.15) is 0 Å². The number of nitrogens with zero attached hydrogens (tertiary/aromatic N) is 2. The van der Waals surface area contributed by atoms with E-state index in [0.717, 1.165) is 39.0 Å². The molecule has 1 N–H and O–H groups in total. The molecule has 2 saturated heterocycles. The Bertz CT molecular complexity index is 587. The number of benzene rings is 1. The molecule has 3 rings (SSSR count). The van der Waals surface area contributed by atoms with Gasteiger partial charge in [-0.15, -0.1) is 0 Å². The number of carbonyl (C=O) groups excluding carboxylic acids is 1. The number of rotatable bonds is 3. The second-order valence-electron chi connectivity index (χ2n) is 6.69. The fourth-order valence-electron chi connectivity index (χ4n) is 3.80. The van der Waals surface area contributed by atoms with Crippen LogP contribution in [0.15, 0.2) is 24.3 Å². The summed E-state index contributed by atoms with van der Waals surface area (Å²) < 4.78 is 0. The van der Waals surface area contributed by atoms with E-state index in [1.807, 2.05) is 4.90 Å². The van der Waals surface area contributed by atoms with E-state index in [4.69, 9.17) is 0 Å². The van der Waals surface area contributed by atoms with Gasteiger partial charge in [-0.1, -0.05) is 18.2 Å². The highest BCUT2D eigenvalue weighted by atomic mass is 16.6. The summed E-state index contributed by atoms with van der Waals surface area (Å²) in [5, 5.41) is 14.5. The number of nitro benzene ring substituents is 1. The van der Waals surface area contributed by atoms with Crippen LogP contribution in [0.3, 0.4) is 0 Å².